The summed E-state index contributed by atoms with van der Waals surface area (Å²) in [6.07, 6.45) is 0. The summed E-state index contributed by atoms with van der Waals surface area (Å²) in [5.74, 6) is 4.98. The normalized spacial score (nSPS) is 11.4. The number of nitrogens with zero attached hydrogens (tertiary/aromatic N) is 1. The SMILES string of the molecule is CC(C)(CON)c1cc([N+](=O)[O-])ccc1O. The zero-order valence-electron chi connectivity index (χ0n) is 9.14. The van der Waals surface area contributed by atoms with Gasteiger partial charge in [0.2, 0.25) is 0 Å². The van der Waals surface area contributed by atoms with E-state index >= 15 is 0 Å². The number of nitrogens with two attached hydrogens (primary N) is 1. The first kappa shape index (κ1) is 12.4. The average Bonchev–Trinajstić information content (AvgIpc) is 2.17. The minimum absolute atomic E-state index is 0.00681. The van der Waals surface area contributed by atoms with Crippen LogP contribution in [-0.4, -0.2) is 16.6 Å². The first-order chi connectivity index (χ1) is 7.38. The first-order valence-corrected chi connectivity index (χ1v) is 4.68. The lowest BCUT2D eigenvalue weighted by Gasteiger charge is -2.24. The van der Waals surface area contributed by atoms with Gasteiger partial charge < -0.3 is 9.94 Å². The van der Waals surface area contributed by atoms with Crippen molar-refractivity contribution in [2.45, 2.75) is 19.3 Å². The van der Waals surface area contributed by atoms with Gasteiger partial charge in [0.15, 0.2) is 0 Å². The fourth-order valence-electron chi connectivity index (χ4n) is 1.47. The van der Waals surface area contributed by atoms with Crippen LogP contribution in [0.4, 0.5) is 5.69 Å². The molecule has 1 aromatic rings. The molecular formula is C10H14N2O4. The Labute approximate surface area is 92.7 Å². The van der Waals surface area contributed by atoms with Crippen LogP contribution in [0.15, 0.2) is 18.2 Å². The highest BCUT2D eigenvalue weighted by Crippen LogP contribution is 2.33. The molecule has 0 bridgehead atoms. The number of hydrogen-bond acceptors (Lipinski definition) is 5. The molecule has 1 aromatic carbocycles. The number of non-ortho nitro benzene ring substituents is 1. The summed E-state index contributed by atoms with van der Waals surface area (Å²) in [4.78, 5) is 14.6. The molecule has 16 heavy (non-hydrogen) atoms. The lowest BCUT2D eigenvalue weighted by molar-refractivity contribution is -0.385. The molecule has 0 heterocycles. The van der Waals surface area contributed by atoms with Crippen LogP contribution in [0, 0.1) is 10.1 Å². The van der Waals surface area contributed by atoms with E-state index in [2.05, 4.69) is 4.84 Å². The number of benzene rings is 1. The van der Waals surface area contributed by atoms with Crippen LogP contribution in [0.25, 0.3) is 0 Å². The summed E-state index contributed by atoms with van der Waals surface area (Å²) in [5.41, 5.74) is -0.227. The zero-order chi connectivity index (χ0) is 12.3. The number of nitro benzene ring substituents is 1. The van der Waals surface area contributed by atoms with Crippen molar-refractivity contribution in [2.24, 2.45) is 5.90 Å². The fourth-order valence-corrected chi connectivity index (χ4v) is 1.47. The molecule has 0 radical (unpaired) electrons. The van der Waals surface area contributed by atoms with Gasteiger partial charge in [-0.05, 0) is 6.07 Å². The maximum absolute atomic E-state index is 10.6. The molecule has 1 rings (SSSR count). The van der Waals surface area contributed by atoms with Gasteiger partial charge in [-0.15, -0.1) is 0 Å². The number of hydrogen-bond donors (Lipinski definition) is 2. The third kappa shape index (κ3) is 2.47. The van der Waals surface area contributed by atoms with Crippen molar-refractivity contribution in [3.63, 3.8) is 0 Å². The molecule has 6 nitrogen and oxygen atoms in total. The Morgan fingerprint density at radius 3 is 2.69 bits per heavy atom. The summed E-state index contributed by atoms with van der Waals surface area (Å²) in [7, 11) is 0. The van der Waals surface area contributed by atoms with Gasteiger partial charge >= 0.3 is 0 Å². The highest BCUT2D eigenvalue weighted by atomic mass is 16.6. The molecule has 6 heteroatoms. The van der Waals surface area contributed by atoms with Gasteiger partial charge in [-0.1, -0.05) is 13.8 Å². The summed E-state index contributed by atoms with van der Waals surface area (Å²) in [6.45, 7) is 3.71. The molecule has 0 amide bonds. The fraction of sp³-hybridized carbons (Fsp3) is 0.400. The third-order valence-electron chi connectivity index (χ3n) is 2.36. The minimum atomic E-state index is -0.592. The van der Waals surface area contributed by atoms with E-state index in [9.17, 15) is 15.2 Å². The van der Waals surface area contributed by atoms with Crippen molar-refractivity contribution in [1.29, 1.82) is 0 Å². The van der Waals surface area contributed by atoms with Gasteiger partial charge in [0.1, 0.15) is 5.75 Å². The van der Waals surface area contributed by atoms with Gasteiger partial charge in [0.25, 0.3) is 5.69 Å². The lowest BCUT2D eigenvalue weighted by Crippen LogP contribution is -2.26. The molecule has 3 N–H and O–H groups in total. The molecule has 0 saturated carbocycles. The van der Waals surface area contributed by atoms with Gasteiger partial charge in [0.05, 0.1) is 11.5 Å². The maximum Gasteiger partial charge on any atom is 0.269 e. The number of aromatic hydroxyl groups is 1. The molecule has 0 aliphatic carbocycles. The summed E-state index contributed by atoms with van der Waals surface area (Å²) in [5, 5.41) is 20.3. The molecule has 0 aromatic heterocycles. The molecule has 0 unspecified atom stereocenters. The number of phenolic OH excluding ortho intramolecular Hbond substituents is 1. The Morgan fingerprint density at radius 1 is 1.56 bits per heavy atom. The van der Waals surface area contributed by atoms with Crippen molar-refractivity contribution in [1.82, 2.24) is 0 Å². The van der Waals surface area contributed by atoms with Gasteiger partial charge in [-0.25, -0.2) is 5.90 Å². The molecule has 0 saturated heterocycles. The van der Waals surface area contributed by atoms with E-state index in [1.54, 1.807) is 13.8 Å². The molecule has 0 spiro atoms. The van der Waals surface area contributed by atoms with Crippen LogP contribution in [0.2, 0.25) is 0 Å². The largest absolute Gasteiger partial charge is 0.508 e. The number of rotatable bonds is 4. The predicted molar refractivity (Wildman–Crippen MR) is 57.9 cm³/mol. The standard InChI is InChI=1S/C10H14N2O4/c1-10(2,6-16-11)8-5-7(12(14)15)3-4-9(8)13/h3-5,13H,6,11H2,1-2H3. The summed E-state index contributed by atoms with van der Waals surface area (Å²) < 4.78 is 0. The lowest BCUT2D eigenvalue weighted by atomic mass is 9.84. The molecule has 88 valence electrons. The van der Waals surface area contributed by atoms with Crippen molar-refractivity contribution < 1.29 is 14.9 Å². The van der Waals surface area contributed by atoms with E-state index in [1.807, 2.05) is 0 Å². The second kappa shape index (κ2) is 4.46. The van der Waals surface area contributed by atoms with Crippen LogP contribution in [0.1, 0.15) is 19.4 Å². The Bertz CT molecular complexity index is 404. The third-order valence-corrected chi connectivity index (χ3v) is 2.36. The van der Waals surface area contributed by atoms with Gasteiger partial charge in [0, 0.05) is 23.1 Å². The van der Waals surface area contributed by atoms with E-state index in [1.165, 1.54) is 18.2 Å². The molecule has 0 atom stereocenters. The van der Waals surface area contributed by atoms with E-state index < -0.39 is 10.3 Å². The Balaban J connectivity index is 3.21. The molecule has 0 aliphatic rings. The maximum atomic E-state index is 10.6. The van der Waals surface area contributed by atoms with Crippen molar-refractivity contribution in [3.05, 3.63) is 33.9 Å². The van der Waals surface area contributed by atoms with E-state index in [0.29, 0.717) is 5.56 Å². The highest BCUT2D eigenvalue weighted by Gasteiger charge is 2.26. The Hall–Kier alpha value is -1.66. The minimum Gasteiger partial charge on any atom is -0.508 e. The quantitative estimate of drug-likeness (QED) is 0.598. The molecular weight excluding hydrogens is 212 g/mol. The van der Waals surface area contributed by atoms with Crippen LogP contribution < -0.4 is 5.90 Å². The van der Waals surface area contributed by atoms with E-state index in [0.717, 1.165) is 0 Å². The van der Waals surface area contributed by atoms with E-state index in [-0.39, 0.29) is 18.0 Å². The Morgan fingerprint density at radius 2 is 2.19 bits per heavy atom. The van der Waals surface area contributed by atoms with Crippen molar-refractivity contribution in [3.8, 4) is 5.75 Å². The zero-order valence-corrected chi connectivity index (χ0v) is 9.14. The van der Waals surface area contributed by atoms with E-state index in [4.69, 9.17) is 5.90 Å². The number of nitro groups is 1. The van der Waals surface area contributed by atoms with Crippen molar-refractivity contribution >= 4 is 5.69 Å². The topological polar surface area (TPSA) is 98.6 Å². The summed E-state index contributed by atoms with van der Waals surface area (Å²) in [6, 6.07) is 3.87. The predicted octanol–water partition coefficient (Wildman–Crippen LogP) is 1.47. The highest BCUT2D eigenvalue weighted by molar-refractivity contribution is 5.46. The monoisotopic (exact) mass is 226 g/mol. The summed E-state index contributed by atoms with van der Waals surface area (Å²) >= 11 is 0. The number of phenols is 1. The van der Waals surface area contributed by atoms with Crippen LogP contribution in [0.3, 0.4) is 0 Å². The van der Waals surface area contributed by atoms with Crippen LogP contribution in [0.5, 0.6) is 5.75 Å². The second-order valence-electron chi connectivity index (χ2n) is 4.15. The van der Waals surface area contributed by atoms with Gasteiger partial charge in [-0.2, -0.15) is 0 Å². The van der Waals surface area contributed by atoms with Crippen molar-refractivity contribution in [2.75, 3.05) is 6.61 Å². The Kier molecular flexibility index (Phi) is 3.46. The average molecular weight is 226 g/mol. The molecule has 0 fully saturated rings. The smallest absolute Gasteiger partial charge is 0.269 e. The van der Waals surface area contributed by atoms with Crippen LogP contribution >= 0.6 is 0 Å². The van der Waals surface area contributed by atoms with Crippen LogP contribution in [-0.2, 0) is 10.3 Å². The second-order valence-corrected chi connectivity index (χ2v) is 4.15. The molecule has 0 aliphatic heterocycles. The first-order valence-electron chi connectivity index (χ1n) is 4.68. The van der Waals surface area contributed by atoms with Gasteiger partial charge in [-0.3, -0.25) is 10.1 Å².